The zero-order valence-corrected chi connectivity index (χ0v) is 16.8. The summed E-state index contributed by atoms with van der Waals surface area (Å²) in [6.07, 6.45) is 0. The van der Waals surface area contributed by atoms with E-state index in [0.717, 1.165) is 17.1 Å². The molecule has 3 rings (SSSR count). The molecule has 1 heterocycles. The van der Waals surface area contributed by atoms with Gasteiger partial charge in [0, 0.05) is 19.3 Å². The van der Waals surface area contributed by atoms with Crippen molar-refractivity contribution in [2.24, 2.45) is 0 Å². The molecule has 3 aromatic rings. The molecule has 6 nitrogen and oxygen atoms in total. The van der Waals surface area contributed by atoms with Crippen LogP contribution < -0.4 is 4.74 Å². The maximum absolute atomic E-state index is 12.5. The van der Waals surface area contributed by atoms with Crippen molar-refractivity contribution in [1.82, 2.24) is 19.7 Å². The quantitative estimate of drug-likeness (QED) is 0.519. The van der Waals surface area contributed by atoms with Gasteiger partial charge >= 0.3 is 6.61 Å². The molecule has 2 aromatic carbocycles. The summed E-state index contributed by atoms with van der Waals surface area (Å²) in [5.74, 6) is 0.950. The number of carbonyl (C=O) groups is 1. The predicted octanol–water partition coefficient (Wildman–Crippen LogP) is 3.93. The van der Waals surface area contributed by atoms with Gasteiger partial charge in [-0.15, -0.1) is 10.2 Å². The fourth-order valence-electron chi connectivity index (χ4n) is 2.69. The first kappa shape index (κ1) is 20.8. The van der Waals surface area contributed by atoms with Crippen LogP contribution in [0.3, 0.4) is 0 Å². The van der Waals surface area contributed by atoms with Crippen LogP contribution in [0.25, 0.3) is 5.69 Å². The molecule has 29 heavy (non-hydrogen) atoms. The molecule has 0 aliphatic heterocycles. The summed E-state index contributed by atoms with van der Waals surface area (Å²) < 4.78 is 30.7. The van der Waals surface area contributed by atoms with E-state index in [0.29, 0.717) is 11.7 Å². The van der Waals surface area contributed by atoms with Crippen molar-refractivity contribution < 1.29 is 18.3 Å². The van der Waals surface area contributed by atoms with Crippen LogP contribution in [0.15, 0.2) is 59.8 Å². The molecule has 0 bridgehead atoms. The number of amides is 1. The number of halogens is 2. The molecule has 152 valence electrons. The number of carbonyl (C=O) groups excluding carboxylic acids is 1. The zero-order valence-electron chi connectivity index (χ0n) is 16.0. The summed E-state index contributed by atoms with van der Waals surface area (Å²) in [5.41, 5.74) is 1.75. The number of hydrogen-bond acceptors (Lipinski definition) is 5. The van der Waals surface area contributed by atoms with Gasteiger partial charge in [0.2, 0.25) is 5.91 Å². The van der Waals surface area contributed by atoms with Crippen LogP contribution in [0.2, 0.25) is 0 Å². The third-order valence-corrected chi connectivity index (χ3v) is 5.04. The third-order valence-electron chi connectivity index (χ3n) is 4.13. The van der Waals surface area contributed by atoms with Crippen molar-refractivity contribution in [3.05, 3.63) is 66.0 Å². The van der Waals surface area contributed by atoms with Gasteiger partial charge in [0.1, 0.15) is 11.6 Å². The van der Waals surface area contributed by atoms with Gasteiger partial charge in [-0.3, -0.25) is 9.36 Å². The number of hydrogen-bond donors (Lipinski definition) is 0. The summed E-state index contributed by atoms with van der Waals surface area (Å²) >= 11 is 1.31. The first-order valence-electron chi connectivity index (χ1n) is 8.82. The third kappa shape index (κ3) is 5.54. The number of para-hydroxylation sites is 1. The lowest BCUT2D eigenvalue weighted by Gasteiger charge is -2.17. The summed E-state index contributed by atoms with van der Waals surface area (Å²) in [5, 5.41) is 8.93. The topological polar surface area (TPSA) is 60.3 Å². The van der Waals surface area contributed by atoms with Crippen LogP contribution in [0.1, 0.15) is 11.4 Å². The SMILES string of the molecule is Cc1nnc(SCC(=O)N(C)Cc2ccc(OC(F)F)cc2)n1-c1ccccc1. The highest BCUT2D eigenvalue weighted by Crippen LogP contribution is 2.22. The Morgan fingerprint density at radius 3 is 2.48 bits per heavy atom. The second kappa shape index (κ2) is 9.51. The first-order chi connectivity index (χ1) is 13.9. The van der Waals surface area contributed by atoms with Crippen molar-refractivity contribution in [2.75, 3.05) is 12.8 Å². The lowest BCUT2D eigenvalue weighted by atomic mass is 10.2. The highest BCUT2D eigenvalue weighted by Gasteiger charge is 2.15. The largest absolute Gasteiger partial charge is 0.435 e. The Balaban J connectivity index is 1.58. The second-order valence-electron chi connectivity index (χ2n) is 6.26. The Hall–Kier alpha value is -2.94. The molecule has 0 spiro atoms. The van der Waals surface area contributed by atoms with E-state index in [1.807, 2.05) is 41.8 Å². The minimum Gasteiger partial charge on any atom is -0.435 e. The van der Waals surface area contributed by atoms with Gasteiger partial charge in [-0.25, -0.2) is 0 Å². The Morgan fingerprint density at radius 2 is 1.83 bits per heavy atom. The number of benzene rings is 2. The van der Waals surface area contributed by atoms with Crippen molar-refractivity contribution in [2.45, 2.75) is 25.2 Å². The molecule has 1 amide bonds. The van der Waals surface area contributed by atoms with Crippen LogP contribution >= 0.6 is 11.8 Å². The fourth-order valence-corrected chi connectivity index (χ4v) is 3.62. The molecule has 0 atom stereocenters. The molecule has 0 saturated carbocycles. The average Bonchev–Trinajstić information content (AvgIpc) is 3.08. The molecule has 0 N–H and O–H groups in total. The van der Waals surface area contributed by atoms with Crippen LogP contribution in [0, 0.1) is 6.92 Å². The molecule has 0 aliphatic carbocycles. The van der Waals surface area contributed by atoms with Gasteiger partial charge in [-0.2, -0.15) is 8.78 Å². The summed E-state index contributed by atoms with van der Waals surface area (Å²) in [6.45, 7) is -0.637. The van der Waals surface area contributed by atoms with Crippen molar-refractivity contribution in [3.8, 4) is 11.4 Å². The number of aryl methyl sites for hydroxylation is 1. The van der Waals surface area contributed by atoms with Crippen molar-refractivity contribution >= 4 is 17.7 Å². The average molecular weight is 418 g/mol. The van der Waals surface area contributed by atoms with Crippen LogP contribution in [-0.4, -0.2) is 45.0 Å². The van der Waals surface area contributed by atoms with E-state index in [1.54, 1.807) is 24.1 Å². The molecule has 1 aromatic heterocycles. The molecular weight excluding hydrogens is 398 g/mol. The molecule has 0 saturated heterocycles. The highest BCUT2D eigenvalue weighted by atomic mass is 32.2. The second-order valence-corrected chi connectivity index (χ2v) is 7.20. The van der Waals surface area contributed by atoms with E-state index in [4.69, 9.17) is 0 Å². The number of rotatable bonds is 8. The van der Waals surface area contributed by atoms with Gasteiger partial charge < -0.3 is 9.64 Å². The first-order valence-corrected chi connectivity index (χ1v) is 9.80. The van der Waals surface area contributed by atoms with Gasteiger partial charge in [0.25, 0.3) is 0 Å². The normalized spacial score (nSPS) is 10.9. The number of alkyl halides is 2. The van der Waals surface area contributed by atoms with E-state index in [9.17, 15) is 13.6 Å². The number of nitrogens with zero attached hydrogens (tertiary/aromatic N) is 4. The van der Waals surface area contributed by atoms with E-state index in [-0.39, 0.29) is 17.4 Å². The van der Waals surface area contributed by atoms with Crippen molar-refractivity contribution in [3.63, 3.8) is 0 Å². The Bertz CT molecular complexity index is 949. The highest BCUT2D eigenvalue weighted by molar-refractivity contribution is 7.99. The smallest absolute Gasteiger partial charge is 0.387 e. The molecule has 0 unspecified atom stereocenters. The lowest BCUT2D eigenvalue weighted by molar-refractivity contribution is -0.127. The van der Waals surface area contributed by atoms with Crippen LogP contribution in [0.5, 0.6) is 5.75 Å². The van der Waals surface area contributed by atoms with Gasteiger partial charge in [-0.05, 0) is 36.8 Å². The minimum absolute atomic E-state index is 0.0804. The molecule has 9 heteroatoms. The van der Waals surface area contributed by atoms with Gasteiger partial charge in [0.05, 0.1) is 5.75 Å². The Labute approximate surface area is 171 Å². The minimum atomic E-state index is -2.86. The maximum Gasteiger partial charge on any atom is 0.387 e. The number of aromatic nitrogens is 3. The summed E-state index contributed by atoms with van der Waals surface area (Å²) in [7, 11) is 1.69. The number of ether oxygens (including phenoxy) is 1. The molecule has 0 fully saturated rings. The molecule has 0 radical (unpaired) electrons. The van der Waals surface area contributed by atoms with E-state index in [1.165, 1.54) is 23.9 Å². The van der Waals surface area contributed by atoms with Crippen molar-refractivity contribution in [1.29, 1.82) is 0 Å². The van der Waals surface area contributed by atoms with E-state index >= 15 is 0 Å². The lowest BCUT2D eigenvalue weighted by Crippen LogP contribution is -2.27. The predicted molar refractivity (Wildman–Crippen MR) is 106 cm³/mol. The van der Waals surface area contributed by atoms with Gasteiger partial charge in [-0.1, -0.05) is 42.1 Å². The van der Waals surface area contributed by atoms with E-state index < -0.39 is 6.61 Å². The maximum atomic E-state index is 12.5. The Kier molecular flexibility index (Phi) is 6.82. The monoisotopic (exact) mass is 418 g/mol. The summed E-state index contributed by atoms with van der Waals surface area (Å²) in [6, 6.07) is 15.9. The molecule has 0 aliphatic rings. The summed E-state index contributed by atoms with van der Waals surface area (Å²) in [4.78, 5) is 14.1. The standard InChI is InChI=1S/C20H20F2N4O2S/c1-14-23-24-20(26(14)16-6-4-3-5-7-16)29-13-18(27)25(2)12-15-8-10-17(11-9-15)28-19(21)22/h3-11,19H,12-13H2,1-2H3. The molecular formula is C20H20F2N4O2S. The van der Waals surface area contributed by atoms with Crippen LogP contribution in [-0.2, 0) is 11.3 Å². The zero-order chi connectivity index (χ0) is 20.8. The Morgan fingerprint density at radius 1 is 1.14 bits per heavy atom. The van der Waals surface area contributed by atoms with Crippen LogP contribution in [0.4, 0.5) is 8.78 Å². The number of thioether (sulfide) groups is 1. The van der Waals surface area contributed by atoms with E-state index in [2.05, 4.69) is 14.9 Å². The van der Waals surface area contributed by atoms with Gasteiger partial charge in [0.15, 0.2) is 5.16 Å². The fraction of sp³-hybridized carbons (Fsp3) is 0.250.